The Morgan fingerprint density at radius 1 is 1.17 bits per heavy atom. The number of hydrogen-bond donors (Lipinski definition) is 1. The van der Waals surface area contributed by atoms with Gasteiger partial charge in [-0.15, -0.1) is 0 Å². The Morgan fingerprint density at radius 3 is 2.38 bits per heavy atom. The number of nitro benzene ring substituents is 1. The van der Waals surface area contributed by atoms with E-state index in [1.54, 1.807) is 24.3 Å². The third-order valence-corrected chi connectivity index (χ3v) is 5.70. The van der Waals surface area contributed by atoms with E-state index >= 15 is 0 Å². The first-order chi connectivity index (χ1) is 11.3. The van der Waals surface area contributed by atoms with Gasteiger partial charge < -0.3 is 5.73 Å². The summed E-state index contributed by atoms with van der Waals surface area (Å²) in [6, 6.07) is 10.2. The van der Waals surface area contributed by atoms with Crippen LogP contribution in [0.15, 0.2) is 53.4 Å². The molecule has 0 spiro atoms. The number of nitrogens with two attached hydrogens (primary N) is 1. The summed E-state index contributed by atoms with van der Waals surface area (Å²) in [6.45, 7) is 0. The first-order valence-electron chi connectivity index (χ1n) is 6.98. The number of carbonyl (C=O) groups excluding carboxylic acids is 1. The van der Waals surface area contributed by atoms with Crippen molar-refractivity contribution in [1.29, 1.82) is 0 Å². The first-order valence-corrected chi connectivity index (χ1v) is 8.42. The van der Waals surface area contributed by atoms with E-state index in [9.17, 15) is 23.3 Å². The van der Waals surface area contributed by atoms with Crippen LogP contribution in [0.2, 0.25) is 0 Å². The number of non-ortho nitro benzene ring substituents is 1. The van der Waals surface area contributed by atoms with Gasteiger partial charge in [-0.2, -0.15) is 0 Å². The zero-order valence-corrected chi connectivity index (χ0v) is 13.1. The first kappa shape index (κ1) is 15.9. The van der Waals surface area contributed by atoms with E-state index in [0.717, 1.165) is 28.6 Å². The normalized spacial score (nSPS) is 16.7. The number of nitrogens with zero attached hydrogens (tertiary/aromatic N) is 2. The molecule has 124 valence electrons. The molecule has 0 bridgehead atoms. The van der Waals surface area contributed by atoms with Gasteiger partial charge in [0, 0.05) is 18.6 Å². The molecule has 0 aromatic heterocycles. The van der Waals surface area contributed by atoms with Crippen LogP contribution in [0.3, 0.4) is 0 Å². The van der Waals surface area contributed by atoms with Crippen molar-refractivity contribution in [2.45, 2.75) is 17.4 Å². The predicted molar refractivity (Wildman–Crippen MR) is 85.9 cm³/mol. The quantitative estimate of drug-likeness (QED) is 0.657. The maximum atomic E-state index is 12.9. The van der Waals surface area contributed by atoms with E-state index in [1.807, 2.05) is 0 Å². The highest BCUT2D eigenvalue weighted by Gasteiger charge is 2.41. The molecule has 1 unspecified atom stereocenters. The van der Waals surface area contributed by atoms with Gasteiger partial charge in [-0.05, 0) is 23.8 Å². The number of benzene rings is 2. The Balaban J connectivity index is 2.10. The van der Waals surface area contributed by atoms with Crippen molar-refractivity contribution >= 4 is 27.3 Å². The molecule has 0 radical (unpaired) electrons. The van der Waals surface area contributed by atoms with Gasteiger partial charge in [0.15, 0.2) is 0 Å². The Morgan fingerprint density at radius 2 is 1.79 bits per heavy atom. The third-order valence-electron chi connectivity index (χ3n) is 3.86. The van der Waals surface area contributed by atoms with E-state index in [1.165, 1.54) is 0 Å². The standard InChI is InChI=1S/C15H13N3O5S/c16-15(19)14-9-10-3-1-2-4-13(10)17(14)24(22,23)12-7-5-11(6-8-12)18(20)21/h1-8,14H,9H2,(H2,16,19). The average Bonchev–Trinajstić information content (AvgIpc) is 2.95. The van der Waals surface area contributed by atoms with Crippen molar-refractivity contribution in [1.82, 2.24) is 0 Å². The monoisotopic (exact) mass is 347 g/mol. The number of rotatable bonds is 4. The molecule has 2 aromatic rings. The molecule has 0 saturated heterocycles. The Hall–Kier alpha value is -2.94. The molecule has 1 aliphatic rings. The summed E-state index contributed by atoms with van der Waals surface area (Å²) in [5.74, 6) is -0.753. The zero-order valence-electron chi connectivity index (χ0n) is 12.3. The van der Waals surface area contributed by atoms with Crippen LogP contribution >= 0.6 is 0 Å². The smallest absolute Gasteiger partial charge is 0.269 e. The number of sulfonamides is 1. The van der Waals surface area contributed by atoms with Gasteiger partial charge >= 0.3 is 0 Å². The van der Waals surface area contributed by atoms with Crippen LogP contribution < -0.4 is 10.0 Å². The molecule has 0 fully saturated rings. The molecule has 1 aliphatic heterocycles. The number of amides is 1. The number of para-hydroxylation sites is 1. The van der Waals surface area contributed by atoms with Gasteiger partial charge in [-0.3, -0.25) is 19.2 Å². The molecule has 1 amide bonds. The maximum Gasteiger partial charge on any atom is 0.269 e. The van der Waals surface area contributed by atoms with E-state index in [-0.39, 0.29) is 17.0 Å². The van der Waals surface area contributed by atoms with E-state index < -0.39 is 26.9 Å². The van der Waals surface area contributed by atoms with Gasteiger partial charge in [-0.25, -0.2) is 8.42 Å². The van der Waals surface area contributed by atoms with Crippen molar-refractivity contribution in [2.24, 2.45) is 5.73 Å². The molecule has 0 aliphatic carbocycles. The molecule has 9 heteroatoms. The minimum Gasteiger partial charge on any atom is -0.368 e. The Kier molecular flexibility index (Phi) is 3.72. The molecule has 0 saturated carbocycles. The summed E-state index contributed by atoms with van der Waals surface area (Å²) in [5, 5.41) is 10.7. The van der Waals surface area contributed by atoms with Crippen LogP contribution in [0, 0.1) is 10.1 Å². The fourth-order valence-electron chi connectivity index (χ4n) is 2.72. The SMILES string of the molecule is NC(=O)C1Cc2ccccc2N1S(=O)(=O)c1ccc([N+](=O)[O-])cc1. The lowest BCUT2D eigenvalue weighted by atomic mass is 10.1. The molecular formula is C15H13N3O5S. The molecule has 2 N–H and O–H groups in total. The van der Waals surface area contributed by atoms with Crippen molar-refractivity contribution in [3.63, 3.8) is 0 Å². The van der Waals surface area contributed by atoms with Crippen LogP contribution in [0.1, 0.15) is 5.56 Å². The summed E-state index contributed by atoms with van der Waals surface area (Å²) >= 11 is 0. The van der Waals surface area contributed by atoms with Crippen LogP contribution in [-0.4, -0.2) is 25.3 Å². The molecule has 8 nitrogen and oxygen atoms in total. The van der Waals surface area contributed by atoms with Gasteiger partial charge in [0.1, 0.15) is 6.04 Å². The summed E-state index contributed by atoms with van der Waals surface area (Å²) in [4.78, 5) is 21.7. The van der Waals surface area contributed by atoms with Crippen molar-refractivity contribution in [2.75, 3.05) is 4.31 Å². The number of nitro groups is 1. The molecule has 24 heavy (non-hydrogen) atoms. The Labute approximate surface area is 137 Å². The lowest BCUT2D eigenvalue weighted by Gasteiger charge is -2.24. The minimum atomic E-state index is -4.08. The largest absolute Gasteiger partial charge is 0.368 e. The second-order valence-corrected chi connectivity index (χ2v) is 7.12. The second kappa shape index (κ2) is 5.60. The highest BCUT2D eigenvalue weighted by molar-refractivity contribution is 7.93. The van der Waals surface area contributed by atoms with Crippen LogP contribution in [-0.2, 0) is 21.2 Å². The number of anilines is 1. The molecule has 3 rings (SSSR count). The van der Waals surface area contributed by atoms with Gasteiger partial charge in [0.05, 0.1) is 15.5 Å². The van der Waals surface area contributed by atoms with Crippen LogP contribution in [0.25, 0.3) is 0 Å². The van der Waals surface area contributed by atoms with Gasteiger partial charge in [0.25, 0.3) is 15.7 Å². The number of fused-ring (bicyclic) bond motifs is 1. The second-order valence-electron chi connectivity index (χ2n) is 5.30. The topological polar surface area (TPSA) is 124 Å². The number of primary amides is 1. The van der Waals surface area contributed by atoms with Crippen molar-refractivity contribution in [3.05, 3.63) is 64.2 Å². The van der Waals surface area contributed by atoms with Crippen LogP contribution in [0.5, 0.6) is 0 Å². The molecule has 2 aromatic carbocycles. The fraction of sp³-hybridized carbons (Fsp3) is 0.133. The van der Waals surface area contributed by atoms with Crippen molar-refractivity contribution in [3.8, 4) is 0 Å². The molecule has 1 atom stereocenters. The molecule has 1 heterocycles. The highest BCUT2D eigenvalue weighted by Crippen LogP contribution is 2.36. The minimum absolute atomic E-state index is 0.143. The van der Waals surface area contributed by atoms with Gasteiger partial charge in [0.2, 0.25) is 5.91 Å². The van der Waals surface area contributed by atoms with Crippen LogP contribution in [0.4, 0.5) is 11.4 Å². The number of hydrogen-bond acceptors (Lipinski definition) is 5. The summed E-state index contributed by atoms with van der Waals surface area (Å²) < 4.78 is 26.9. The fourth-order valence-corrected chi connectivity index (χ4v) is 4.38. The van der Waals surface area contributed by atoms with Gasteiger partial charge in [-0.1, -0.05) is 18.2 Å². The summed E-state index contributed by atoms with van der Waals surface area (Å²) in [7, 11) is -4.08. The van der Waals surface area contributed by atoms with E-state index in [2.05, 4.69) is 0 Å². The predicted octanol–water partition coefficient (Wildman–Crippen LogP) is 1.20. The average molecular weight is 347 g/mol. The summed E-state index contributed by atoms with van der Waals surface area (Å²) in [5.41, 5.74) is 6.24. The van der Waals surface area contributed by atoms with Crippen molar-refractivity contribution < 1.29 is 18.1 Å². The zero-order chi connectivity index (χ0) is 17.5. The van der Waals surface area contributed by atoms with E-state index in [4.69, 9.17) is 5.73 Å². The number of carbonyl (C=O) groups is 1. The summed E-state index contributed by atoms with van der Waals surface area (Å²) in [6.07, 6.45) is 0.192. The lowest BCUT2D eigenvalue weighted by molar-refractivity contribution is -0.384. The molecular weight excluding hydrogens is 334 g/mol. The lowest BCUT2D eigenvalue weighted by Crippen LogP contribution is -2.45. The third kappa shape index (κ3) is 2.48. The Bertz CT molecular complexity index is 924. The van der Waals surface area contributed by atoms with E-state index in [0.29, 0.717) is 11.3 Å². The highest BCUT2D eigenvalue weighted by atomic mass is 32.2. The maximum absolute atomic E-state index is 12.9.